The van der Waals surface area contributed by atoms with Gasteiger partial charge in [-0.05, 0) is 45.2 Å². The highest BCUT2D eigenvalue weighted by molar-refractivity contribution is 8.01. The van der Waals surface area contributed by atoms with E-state index in [1.54, 1.807) is 20.0 Å². The van der Waals surface area contributed by atoms with Crippen LogP contribution in [0.15, 0.2) is 34.7 Å². The van der Waals surface area contributed by atoms with E-state index in [1.165, 1.54) is 29.5 Å². The number of halogens is 1. The van der Waals surface area contributed by atoms with Crippen LogP contribution in [0, 0.1) is 5.41 Å². The highest BCUT2D eigenvalue weighted by Crippen LogP contribution is 2.36. The fourth-order valence-corrected chi connectivity index (χ4v) is 6.14. The van der Waals surface area contributed by atoms with Gasteiger partial charge in [0.15, 0.2) is 5.13 Å². The SMILES string of the molecule is CC(C)(CSc1cnc(NC(=O)N(CCOCc2ccccc2Cl)C2(C)CCCCC2)s1)C(=O)O. The molecule has 0 unspecified atom stereocenters. The Hall–Kier alpha value is -1.81. The summed E-state index contributed by atoms with van der Waals surface area (Å²) in [6.07, 6.45) is 6.97. The van der Waals surface area contributed by atoms with Crippen LogP contribution in [-0.4, -0.2) is 51.4 Å². The number of thiazole rings is 1. The fraction of sp³-hybridized carbons (Fsp3) is 0.560. The van der Waals surface area contributed by atoms with E-state index in [-0.39, 0.29) is 11.6 Å². The number of urea groups is 1. The lowest BCUT2D eigenvalue weighted by Crippen LogP contribution is -2.53. The number of anilines is 1. The van der Waals surface area contributed by atoms with Crippen LogP contribution in [0.25, 0.3) is 0 Å². The summed E-state index contributed by atoms with van der Waals surface area (Å²) in [5.41, 5.74) is -0.155. The van der Waals surface area contributed by atoms with Crippen molar-refractivity contribution in [3.05, 3.63) is 41.0 Å². The molecule has 2 aromatic rings. The first-order valence-corrected chi connectivity index (χ1v) is 14.0. The van der Waals surface area contributed by atoms with Gasteiger partial charge in [0.25, 0.3) is 0 Å². The second-order valence-corrected chi connectivity index (χ2v) is 12.5. The smallest absolute Gasteiger partial charge is 0.324 e. The van der Waals surface area contributed by atoms with E-state index in [9.17, 15) is 14.7 Å². The number of rotatable bonds is 11. The lowest BCUT2D eigenvalue weighted by molar-refractivity contribution is -0.145. The van der Waals surface area contributed by atoms with E-state index >= 15 is 0 Å². The van der Waals surface area contributed by atoms with Crippen molar-refractivity contribution in [1.82, 2.24) is 9.88 Å². The molecule has 0 radical (unpaired) electrons. The Morgan fingerprint density at radius 2 is 2.00 bits per heavy atom. The van der Waals surface area contributed by atoms with Crippen LogP contribution < -0.4 is 5.32 Å². The lowest BCUT2D eigenvalue weighted by Gasteiger charge is -2.43. The molecule has 0 atom stereocenters. The number of carbonyl (C=O) groups is 2. The Balaban J connectivity index is 1.61. The van der Waals surface area contributed by atoms with Gasteiger partial charge in [-0.3, -0.25) is 10.1 Å². The zero-order chi connectivity index (χ0) is 25.5. The Kier molecular flexibility index (Phi) is 9.86. The normalized spacial score (nSPS) is 15.5. The zero-order valence-corrected chi connectivity index (χ0v) is 22.9. The number of carboxylic acids is 1. The Labute approximate surface area is 220 Å². The molecule has 0 saturated heterocycles. The lowest BCUT2D eigenvalue weighted by atomic mass is 9.82. The summed E-state index contributed by atoms with van der Waals surface area (Å²) in [5.74, 6) is -0.415. The van der Waals surface area contributed by atoms with Crippen LogP contribution in [-0.2, 0) is 16.1 Å². The highest BCUT2D eigenvalue weighted by Gasteiger charge is 2.36. The number of nitrogens with zero attached hydrogens (tertiary/aromatic N) is 2. The van der Waals surface area contributed by atoms with Gasteiger partial charge in [0.1, 0.15) is 0 Å². The molecule has 10 heteroatoms. The molecule has 0 spiro atoms. The van der Waals surface area contributed by atoms with Crippen molar-refractivity contribution >= 4 is 51.8 Å². The van der Waals surface area contributed by atoms with Crippen molar-refractivity contribution in [1.29, 1.82) is 0 Å². The molecule has 2 amide bonds. The number of aliphatic carboxylic acids is 1. The van der Waals surface area contributed by atoms with Crippen LogP contribution in [0.4, 0.5) is 9.93 Å². The number of carboxylic acid groups (broad SMARTS) is 1. The Morgan fingerprint density at radius 3 is 2.69 bits per heavy atom. The molecule has 1 aromatic heterocycles. The van der Waals surface area contributed by atoms with Gasteiger partial charge in [-0.25, -0.2) is 9.78 Å². The summed E-state index contributed by atoms with van der Waals surface area (Å²) in [6, 6.07) is 7.40. The summed E-state index contributed by atoms with van der Waals surface area (Å²) in [7, 11) is 0. The molecule has 3 rings (SSSR count). The first-order chi connectivity index (χ1) is 16.6. The molecule has 1 saturated carbocycles. The van der Waals surface area contributed by atoms with Crippen LogP contribution >= 0.6 is 34.7 Å². The van der Waals surface area contributed by atoms with Crippen molar-refractivity contribution in [2.75, 3.05) is 24.2 Å². The van der Waals surface area contributed by atoms with E-state index in [0.29, 0.717) is 35.7 Å². The molecule has 0 aliphatic heterocycles. The Bertz CT molecular complexity index is 1010. The molecule has 35 heavy (non-hydrogen) atoms. The molecule has 1 fully saturated rings. The summed E-state index contributed by atoms with van der Waals surface area (Å²) < 4.78 is 6.75. The molecule has 0 bridgehead atoms. The number of hydrogen-bond acceptors (Lipinski definition) is 6. The van der Waals surface area contributed by atoms with Gasteiger partial charge in [0, 0.05) is 22.9 Å². The molecular formula is C25H34ClN3O4S2. The third-order valence-electron chi connectivity index (χ3n) is 6.35. The maximum absolute atomic E-state index is 13.4. The van der Waals surface area contributed by atoms with Crippen LogP contribution in [0.2, 0.25) is 5.02 Å². The quantitative estimate of drug-likeness (QED) is 0.242. The average Bonchev–Trinajstić information content (AvgIpc) is 3.26. The minimum absolute atomic E-state index is 0.187. The monoisotopic (exact) mass is 539 g/mol. The highest BCUT2D eigenvalue weighted by atomic mass is 35.5. The minimum Gasteiger partial charge on any atom is -0.481 e. The van der Waals surface area contributed by atoms with E-state index in [0.717, 1.165) is 35.5 Å². The third-order valence-corrected chi connectivity index (χ3v) is 9.29. The molecular weight excluding hydrogens is 506 g/mol. The average molecular weight is 540 g/mol. The van der Waals surface area contributed by atoms with Gasteiger partial charge in [-0.15, -0.1) is 11.8 Å². The van der Waals surface area contributed by atoms with Crippen molar-refractivity contribution < 1.29 is 19.4 Å². The summed E-state index contributed by atoms with van der Waals surface area (Å²) in [4.78, 5) is 31.0. The second kappa shape index (κ2) is 12.4. The van der Waals surface area contributed by atoms with Gasteiger partial charge >= 0.3 is 12.0 Å². The van der Waals surface area contributed by atoms with Crippen molar-refractivity contribution in [2.45, 2.75) is 69.2 Å². The van der Waals surface area contributed by atoms with Gasteiger partial charge in [0.05, 0.1) is 29.0 Å². The predicted molar refractivity (Wildman–Crippen MR) is 143 cm³/mol. The largest absolute Gasteiger partial charge is 0.481 e. The maximum atomic E-state index is 13.4. The third kappa shape index (κ3) is 7.84. The number of hydrogen-bond donors (Lipinski definition) is 2. The van der Waals surface area contributed by atoms with Crippen LogP contribution in [0.3, 0.4) is 0 Å². The number of benzene rings is 1. The summed E-state index contributed by atoms with van der Waals surface area (Å²) in [6.45, 7) is 6.80. The maximum Gasteiger partial charge on any atom is 0.324 e. The topological polar surface area (TPSA) is 91.8 Å². The standard InChI is InChI=1S/C25H34ClN3O4S2/c1-24(2,21(30)31)17-34-20-15-27-22(35-20)28-23(32)29(25(3)11-7-4-8-12-25)13-14-33-16-18-9-5-6-10-19(18)26/h5-6,9-10,15H,4,7-8,11-14,16-17H2,1-3H3,(H,30,31)(H,27,28,32). The first kappa shape index (κ1) is 27.8. The number of nitrogens with one attached hydrogen (secondary N) is 1. The predicted octanol–water partition coefficient (Wildman–Crippen LogP) is 6.77. The van der Waals surface area contributed by atoms with Crippen LogP contribution in [0.5, 0.6) is 0 Å². The van der Waals surface area contributed by atoms with E-state index in [4.69, 9.17) is 16.3 Å². The van der Waals surface area contributed by atoms with Gasteiger partial charge in [-0.2, -0.15) is 0 Å². The van der Waals surface area contributed by atoms with E-state index < -0.39 is 11.4 Å². The van der Waals surface area contributed by atoms with Gasteiger partial charge in [0.2, 0.25) is 0 Å². The fourth-order valence-electron chi connectivity index (χ4n) is 4.01. The van der Waals surface area contributed by atoms with Crippen molar-refractivity contribution in [3.8, 4) is 0 Å². The second-order valence-electron chi connectivity index (χ2n) is 9.75. The molecule has 1 aliphatic carbocycles. The number of ether oxygens (including phenoxy) is 1. The van der Waals surface area contributed by atoms with Crippen molar-refractivity contribution in [3.63, 3.8) is 0 Å². The number of thioether (sulfide) groups is 1. The molecule has 2 N–H and O–H groups in total. The summed E-state index contributed by atoms with van der Waals surface area (Å²) in [5, 5.41) is 13.5. The van der Waals surface area contributed by atoms with E-state index in [2.05, 4.69) is 17.2 Å². The van der Waals surface area contributed by atoms with Gasteiger partial charge in [-0.1, -0.05) is 60.4 Å². The number of amides is 2. The van der Waals surface area contributed by atoms with Crippen molar-refractivity contribution in [2.24, 2.45) is 5.41 Å². The minimum atomic E-state index is -0.839. The van der Waals surface area contributed by atoms with Gasteiger partial charge < -0.3 is 14.7 Å². The molecule has 7 nitrogen and oxygen atoms in total. The number of carbonyl (C=O) groups excluding carboxylic acids is 1. The van der Waals surface area contributed by atoms with Crippen LogP contribution in [0.1, 0.15) is 58.4 Å². The molecule has 192 valence electrons. The molecule has 1 aliphatic rings. The number of aromatic nitrogens is 1. The zero-order valence-electron chi connectivity index (χ0n) is 20.5. The Morgan fingerprint density at radius 1 is 1.29 bits per heavy atom. The molecule has 1 aromatic carbocycles. The molecule has 1 heterocycles. The first-order valence-electron chi connectivity index (χ1n) is 11.8. The van der Waals surface area contributed by atoms with E-state index in [1.807, 2.05) is 29.2 Å². The summed E-state index contributed by atoms with van der Waals surface area (Å²) >= 11 is 9.02.